The quantitative estimate of drug-likeness (QED) is 0.0441. The Kier molecular flexibility index (Phi) is 22.2. The van der Waals surface area contributed by atoms with Crippen LogP contribution < -0.4 is 48.7 Å². The number of benzene rings is 3. The minimum Gasteiger partial charge on any atom is -0.508 e. The number of aliphatic hydroxyl groups is 3. The van der Waals surface area contributed by atoms with Gasteiger partial charge >= 0.3 is 0 Å². The Labute approximate surface area is 424 Å². The predicted octanol–water partition coefficient (Wildman–Crippen LogP) is -1.10. The number of aromatic hydroxyl groups is 1. The summed E-state index contributed by atoms with van der Waals surface area (Å²) >= 11 is 0. The maximum Gasteiger partial charge on any atom is 0.245 e. The van der Waals surface area contributed by atoms with Crippen molar-refractivity contribution < 1.29 is 54.0 Å². The fourth-order valence-corrected chi connectivity index (χ4v) is 10.1. The summed E-state index contributed by atoms with van der Waals surface area (Å²) in [5.41, 5.74) is 14.8. The number of carbonyl (C=O) groups is 7. The number of rotatable bonds is 17. The largest absolute Gasteiger partial charge is 0.508 e. The molecule has 1 aliphatic heterocycles. The van der Waals surface area contributed by atoms with Gasteiger partial charge in [-0.25, -0.2) is 0 Å². The molecule has 5 rings (SSSR count). The number of nitrogens with one attached hydrogen (secondary N) is 8. The topological polar surface area (TPSA) is 352 Å². The number of amides is 7. The highest BCUT2D eigenvalue weighted by molar-refractivity contribution is 8.76. The summed E-state index contributed by atoms with van der Waals surface area (Å²) in [5, 5.41) is 60.4. The average Bonchev–Trinajstić information content (AvgIpc) is 3.77. The van der Waals surface area contributed by atoms with Crippen LogP contribution in [0.2, 0.25) is 0 Å². The van der Waals surface area contributed by atoms with Gasteiger partial charge in [0.15, 0.2) is 0 Å². The van der Waals surface area contributed by atoms with Gasteiger partial charge in [-0.05, 0) is 81.0 Å². The van der Waals surface area contributed by atoms with Crippen LogP contribution >= 0.6 is 21.6 Å². The Hall–Kier alpha value is -6.21. The number of hydrogen-bond donors (Lipinski definition) is 14. The van der Waals surface area contributed by atoms with Gasteiger partial charge < -0.3 is 74.1 Å². The highest BCUT2D eigenvalue weighted by Crippen LogP contribution is 2.24. The summed E-state index contributed by atoms with van der Waals surface area (Å²) in [6, 6.07) is 11.3. The third-order valence-corrected chi connectivity index (χ3v) is 14.4. The molecule has 390 valence electrons. The fourth-order valence-electron chi connectivity index (χ4n) is 7.75. The molecule has 72 heavy (non-hydrogen) atoms. The van der Waals surface area contributed by atoms with Crippen LogP contribution in [0.4, 0.5) is 0 Å². The van der Waals surface area contributed by atoms with Gasteiger partial charge in [0.25, 0.3) is 0 Å². The molecule has 1 saturated heterocycles. The molecule has 0 aliphatic carbocycles. The van der Waals surface area contributed by atoms with E-state index in [1.165, 1.54) is 26.0 Å². The standard InChI is InChI=1S/C49H66N10O11S2/c1-27(61)39(24-60)56-48(69)41-26-72-71-25-40(57-43(64)34(51)20-29-10-4-3-5-11-29)47(68)54-37(21-30-15-17-32(63)18-16-30)45(66)55-38(22-31-23-52-35-13-7-6-12-33(31)35)46(67)53-36(14-8-9-19-50)44(65)59-42(28(2)62)49(70)58-41/h3-7,10-13,15-18,23,27-28,34,36-42,52,60-63H,8-9,14,19-22,24-26,50-51H2,1-2H3,(H,53,67)(H,54,68)(H,55,66)(H,56,69)(H,57,64)(H,58,70)(H,59,65)/t27-,28+,34-,36-,37-,38+,39-,40-,41?,42+/m0/s1. The van der Waals surface area contributed by atoms with Crippen LogP contribution in [0.1, 0.15) is 49.8 Å². The SMILES string of the molecule is C[C@H](O)[C@H](CO)NC(=O)C1CSSC[C@H](NC(=O)[C@@H](N)Cc2ccccc2)C(=O)N[C@@H](Cc2ccc(O)cc2)C(=O)N[C@H](Cc2c[nH]c3ccccc23)C(=O)N[C@@H](CCCCN)C(=O)N[C@H]([C@@H](C)O)C(=O)N1. The molecule has 16 N–H and O–H groups in total. The van der Waals surface area contributed by atoms with Crippen LogP contribution in [-0.2, 0) is 52.8 Å². The Bertz CT molecular complexity index is 2450. The highest BCUT2D eigenvalue weighted by Gasteiger charge is 2.36. The summed E-state index contributed by atoms with van der Waals surface area (Å²) in [6.07, 6.45) is -0.426. The molecule has 4 aromatic rings. The number of H-pyrrole nitrogens is 1. The molecular weight excluding hydrogens is 969 g/mol. The van der Waals surface area contributed by atoms with Crippen LogP contribution in [0.15, 0.2) is 85.1 Å². The summed E-state index contributed by atoms with van der Waals surface area (Å²) in [4.78, 5) is 103. The summed E-state index contributed by atoms with van der Waals surface area (Å²) in [7, 11) is 2.01. The summed E-state index contributed by atoms with van der Waals surface area (Å²) in [6.45, 7) is 2.18. The van der Waals surface area contributed by atoms with E-state index in [1.54, 1.807) is 48.7 Å². The molecule has 2 heterocycles. The van der Waals surface area contributed by atoms with Gasteiger partial charge in [0.05, 0.1) is 30.9 Å². The van der Waals surface area contributed by atoms with Gasteiger partial charge in [-0.15, -0.1) is 0 Å². The zero-order chi connectivity index (χ0) is 52.3. The molecule has 23 heteroatoms. The molecule has 0 spiro atoms. The monoisotopic (exact) mass is 1030 g/mol. The molecule has 1 unspecified atom stereocenters. The number of carbonyl (C=O) groups excluding carboxylic acids is 7. The van der Waals surface area contributed by atoms with Gasteiger partial charge in [-0.3, -0.25) is 33.6 Å². The van der Waals surface area contributed by atoms with Crippen LogP contribution in [0.3, 0.4) is 0 Å². The minimum absolute atomic E-state index is 0.0130. The van der Waals surface area contributed by atoms with Crippen molar-refractivity contribution in [3.8, 4) is 5.75 Å². The first-order valence-corrected chi connectivity index (χ1v) is 26.1. The smallest absolute Gasteiger partial charge is 0.245 e. The number of aromatic nitrogens is 1. The Morgan fingerprint density at radius 2 is 1.36 bits per heavy atom. The lowest BCUT2D eigenvalue weighted by Crippen LogP contribution is -2.62. The van der Waals surface area contributed by atoms with Crippen molar-refractivity contribution in [3.05, 3.63) is 102 Å². The number of unbranched alkanes of at least 4 members (excludes halogenated alkanes) is 1. The first-order chi connectivity index (χ1) is 34.5. The second-order valence-electron chi connectivity index (χ2n) is 17.7. The Morgan fingerprint density at radius 1 is 0.736 bits per heavy atom. The van der Waals surface area contributed by atoms with Crippen LogP contribution in [0.5, 0.6) is 5.75 Å². The third kappa shape index (κ3) is 17.0. The molecule has 10 atom stereocenters. The second-order valence-corrected chi connectivity index (χ2v) is 20.2. The van der Waals surface area contributed by atoms with E-state index in [-0.39, 0.29) is 49.5 Å². The molecule has 0 bridgehead atoms. The highest BCUT2D eigenvalue weighted by atomic mass is 33.1. The van der Waals surface area contributed by atoms with Crippen molar-refractivity contribution in [2.45, 2.75) is 113 Å². The zero-order valence-corrected chi connectivity index (χ0v) is 41.7. The zero-order valence-electron chi connectivity index (χ0n) is 40.0. The lowest BCUT2D eigenvalue weighted by molar-refractivity contribution is -0.136. The van der Waals surface area contributed by atoms with E-state index >= 15 is 0 Å². The number of aliphatic hydroxyl groups excluding tert-OH is 3. The lowest BCUT2D eigenvalue weighted by Gasteiger charge is -2.29. The van der Waals surface area contributed by atoms with Crippen molar-refractivity contribution in [3.63, 3.8) is 0 Å². The molecule has 0 saturated carbocycles. The third-order valence-electron chi connectivity index (χ3n) is 11.9. The number of hydrogen-bond acceptors (Lipinski definition) is 15. The predicted molar refractivity (Wildman–Crippen MR) is 274 cm³/mol. The molecule has 1 aromatic heterocycles. The van der Waals surface area contributed by atoms with Gasteiger partial charge in [0.2, 0.25) is 41.4 Å². The normalized spacial score (nSPS) is 22.7. The molecule has 7 amide bonds. The van der Waals surface area contributed by atoms with E-state index in [4.69, 9.17) is 11.5 Å². The lowest BCUT2D eigenvalue weighted by atomic mass is 10.0. The Balaban J connectivity index is 1.57. The number of nitrogens with two attached hydrogens (primary N) is 2. The number of phenolic OH excluding ortho intramolecular Hbond substituents is 1. The van der Waals surface area contributed by atoms with Crippen LogP contribution in [0.25, 0.3) is 10.9 Å². The summed E-state index contributed by atoms with van der Waals surface area (Å²) in [5.74, 6) is -6.33. The van der Waals surface area contributed by atoms with E-state index in [9.17, 15) is 54.0 Å². The van der Waals surface area contributed by atoms with E-state index < -0.39 is 108 Å². The van der Waals surface area contributed by atoms with Gasteiger partial charge in [-0.2, -0.15) is 0 Å². The van der Waals surface area contributed by atoms with E-state index in [2.05, 4.69) is 42.2 Å². The second kappa shape index (κ2) is 28.1. The number of fused-ring (bicyclic) bond motifs is 1. The van der Waals surface area contributed by atoms with Gasteiger partial charge in [-0.1, -0.05) is 82.3 Å². The maximum atomic E-state index is 14.7. The molecule has 1 fully saturated rings. The number of phenols is 1. The van der Waals surface area contributed by atoms with Crippen molar-refractivity contribution in [2.24, 2.45) is 11.5 Å². The molecule has 21 nitrogen and oxygen atoms in total. The first kappa shape index (κ1) is 56.7. The van der Waals surface area contributed by atoms with E-state index in [0.29, 0.717) is 24.0 Å². The first-order valence-electron chi connectivity index (χ1n) is 23.6. The molecule has 3 aromatic carbocycles. The van der Waals surface area contributed by atoms with Crippen molar-refractivity contribution >= 4 is 73.8 Å². The fraction of sp³-hybridized carbons (Fsp3) is 0.449. The Morgan fingerprint density at radius 3 is 2.03 bits per heavy atom. The summed E-state index contributed by atoms with van der Waals surface area (Å²) < 4.78 is 0. The van der Waals surface area contributed by atoms with E-state index in [1.807, 2.05) is 24.3 Å². The van der Waals surface area contributed by atoms with Crippen LogP contribution in [-0.4, -0.2) is 152 Å². The average molecular weight is 1040 g/mol. The maximum absolute atomic E-state index is 14.7. The molecule has 1 aliphatic rings. The van der Waals surface area contributed by atoms with Crippen molar-refractivity contribution in [1.29, 1.82) is 0 Å². The van der Waals surface area contributed by atoms with Gasteiger partial charge in [0, 0.05) is 41.4 Å². The van der Waals surface area contributed by atoms with Crippen molar-refractivity contribution in [1.82, 2.24) is 42.2 Å². The number of para-hydroxylation sites is 1. The van der Waals surface area contributed by atoms with Crippen LogP contribution in [0, 0.1) is 0 Å². The minimum atomic E-state index is -1.68. The van der Waals surface area contributed by atoms with Gasteiger partial charge in [0.1, 0.15) is 42.0 Å². The van der Waals surface area contributed by atoms with E-state index in [0.717, 1.165) is 38.1 Å². The number of aromatic amines is 1. The molecule has 0 radical (unpaired) electrons. The van der Waals surface area contributed by atoms with Crippen molar-refractivity contribution in [2.75, 3.05) is 24.7 Å². The molecular formula is C49H66N10O11S2.